The summed E-state index contributed by atoms with van der Waals surface area (Å²) in [6.07, 6.45) is 20.3. The summed E-state index contributed by atoms with van der Waals surface area (Å²) in [5.41, 5.74) is 0. The van der Waals surface area contributed by atoms with Gasteiger partial charge in [-0.1, -0.05) is 64.2 Å². The van der Waals surface area contributed by atoms with E-state index >= 15 is 0 Å². The van der Waals surface area contributed by atoms with E-state index in [0.29, 0.717) is 0 Å². The molecule has 1 atom stereocenters. The summed E-state index contributed by atoms with van der Waals surface area (Å²) in [4.78, 5) is 2.21. The zero-order chi connectivity index (χ0) is 22.6. The Bertz CT molecular complexity index is 370. The quantitative estimate of drug-likeness (QED) is 0.186. The molecule has 0 saturated carbocycles. The Hall–Kier alpha value is -0.200. The molecule has 0 N–H and O–H groups in total. The van der Waals surface area contributed by atoms with E-state index in [0.717, 1.165) is 39.2 Å². The van der Waals surface area contributed by atoms with Gasteiger partial charge >= 0.3 is 0 Å². The zero-order valence-electron chi connectivity index (χ0n) is 21.3. The standard InChI is InChI=1S/C26H53NO4/c1-27(2)23-25-24-30-26(31-25,19-15-11-7-5-9-13-17-21-28-3)20-16-12-8-6-10-14-18-22-29-4/h25H,5-24H2,1-4H3. The lowest BCUT2D eigenvalue weighted by molar-refractivity contribution is -0.180. The van der Waals surface area contributed by atoms with Gasteiger partial charge in [0.2, 0.25) is 0 Å². The highest BCUT2D eigenvalue weighted by molar-refractivity contribution is 4.80. The Morgan fingerprint density at radius 2 is 1.10 bits per heavy atom. The van der Waals surface area contributed by atoms with Crippen LogP contribution in [0.15, 0.2) is 0 Å². The van der Waals surface area contributed by atoms with Crippen molar-refractivity contribution in [3.63, 3.8) is 0 Å². The van der Waals surface area contributed by atoms with E-state index in [4.69, 9.17) is 18.9 Å². The second kappa shape index (κ2) is 19.3. The van der Waals surface area contributed by atoms with E-state index in [9.17, 15) is 0 Å². The van der Waals surface area contributed by atoms with Crippen molar-refractivity contribution < 1.29 is 18.9 Å². The second-order valence-corrected chi connectivity index (χ2v) is 9.66. The van der Waals surface area contributed by atoms with Crippen molar-refractivity contribution in [2.24, 2.45) is 0 Å². The molecule has 1 aliphatic heterocycles. The number of rotatable bonds is 22. The molecule has 5 nitrogen and oxygen atoms in total. The lowest BCUT2D eigenvalue weighted by atomic mass is 9.98. The summed E-state index contributed by atoms with van der Waals surface area (Å²) in [5.74, 6) is -0.322. The van der Waals surface area contributed by atoms with Crippen LogP contribution in [0.5, 0.6) is 0 Å². The molecule has 0 amide bonds. The maximum atomic E-state index is 6.51. The van der Waals surface area contributed by atoms with Crippen molar-refractivity contribution in [1.29, 1.82) is 0 Å². The van der Waals surface area contributed by atoms with Crippen LogP contribution in [0.2, 0.25) is 0 Å². The molecular formula is C26H53NO4. The Kier molecular flexibility index (Phi) is 17.9. The average Bonchev–Trinajstić information content (AvgIpc) is 3.13. The number of likely N-dealkylation sites (N-methyl/N-ethyl adjacent to an activating group) is 1. The molecule has 1 fully saturated rings. The third kappa shape index (κ3) is 15.3. The van der Waals surface area contributed by atoms with E-state index in [1.807, 2.05) is 0 Å². The van der Waals surface area contributed by atoms with E-state index in [1.54, 1.807) is 14.2 Å². The van der Waals surface area contributed by atoms with Crippen molar-refractivity contribution in [1.82, 2.24) is 4.90 Å². The predicted octanol–water partition coefficient (Wildman–Crippen LogP) is 6.19. The number of hydrogen-bond donors (Lipinski definition) is 0. The van der Waals surface area contributed by atoms with Gasteiger partial charge in [-0.2, -0.15) is 0 Å². The molecule has 186 valence electrons. The summed E-state index contributed by atoms with van der Waals surface area (Å²) in [7, 11) is 7.80. The first-order valence-corrected chi connectivity index (χ1v) is 13.1. The van der Waals surface area contributed by atoms with E-state index in [2.05, 4.69) is 19.0 Å². The summed E-state index contributed by atoms with van der Waals surface area (Å²) < 4.78 is 23.1. The van der Waals surface area contributed by atoms with Gasteiger partial charge in [0, 0.05) is 46.8 Å². The van der Waals surface area contributed by atoms with Gasteiger partial charge in [-0.25, -0.2) is 0 Å². The molecule has 0 bridgehead atoms. The molecule has 0 spiro atoms. The van der Waals surface area contributed by atoms with Gasteiger partial charge in [0.15, 0.2) is 5.79 Å². The first-order valence-electron chi connectivity index (χ1n) is 13.1. The van der Waals surface area contributed by atoms with Gasteiger partial charge in [-0.05, 0) is 39.8 Å². The molecule has 1 heterocycles. The van der Waals surface area contributed by atoms with Crippen molar-refractivity contribution >= 4 is 0 Å². The fraction of sp³-hybridized carbons (Fsp3) is 1.00. The molecule has 1 rings (SSSR count). The number of unbranched alkanes of at least 4 members (excludes halogenated alkanes) is 12. The Morgan fingerprint density at radius 3 is 1.52 bits per heavy atom. The molecule has 5 heteroatoms. The summed E-state index contributed by atoms with van der Waals surface area (Å²) in [6.45, 7) is 3.50. The number of nitrogens with zero attached hydrogens (tertiary/aromatic N) is 1. The molecule has 0 aromatic heterocycles. The number of ether oxygens (including phenoxy) is 4. The topological polar surface area (TPSA) is 40.2 Å². The van der Waals surface area contributed by atoms with Gasteiger partial charge in [0.05, 0.1) is 12.7 Å². The summed E-state index contributed by atoms with van der Waals surface area (Å²) in [5, 5.41) is 0. The van der Waals surface area contributed by atoms with Crippen molar-refractivity contribution in [2.45, 2.75) is 115 Å². The highest BCUT2D eigenvalue weighted by Crippen LogP contribution is 2.34. The van der Waals surface area contributed by atoms with Crippen molar-refractivity contribution in [3.05, 3.63) is 0 Å². The molecule has 0 aromatic carbocycles. The predicted molar refractivity (Wildman–Crippen MR) is 130 cm³/mol. The van der Waals surface area contributed by atoms with E-state index in [1.165, 1.54) is 89.9 Å². The molecule has 1 unspecified atom stereocenters. The van der Waals surface area contributed by atoms with Crippen LogP contribution in [0, 0.1) is 0 Å². The van der Waals surface area contributed by atoms with Crippen molar-refractivity contribution in [2.75, 3.05) is 54.7 Å². The average molecular weight is 444 g/mol. The minimum absolute atomic E-state index is 0.219. The molecular weight excluding hydrogens is 390 g/mol. The molecule has 0 radical (unpaired) electrons. The van der Waals surface area contributed by atoms with Crippen molar-refractivity contribution in [3.8, 4) is 0 Å². The van der Waals surface area contributed by atoms with Crippen LogP contribution in [0.4, 0.5) is 0 Å². The second-order valence-electron chi connectivity index (χ2n) is 9.66. The molecule has 31 heavy (non-hydrogen) atoms. The monoisotopic (exact) mass is 443 g/mol. The van der Waals surface area contributed by atoms with Crippen LogP contribution in [-0.4, -0.2) is 71.5 Å². The lowest BCUT2D eigenvalue weighted by Gasteiger charge is -2.29. The Labute approximate surface area is 193 Å². The largest absolute Gasteiger partial charge is 0.385 e. The maximum absolute atomic E-state index is 6.51. The van der Waals surface area contributed by atoms with E-state index in [-0.39, 0.29) is 11.9 Å². The van der Waals surface area contributed by atoms with Crippen LogP contribution in [0.25, 0.3) is 0 Å². The SMILES string of the molecule is COCCCCCCCCCC1(CCCCCCCCCOC)OCC(CN(C)C)O1. The fourth-order valence-electron chi connectivity index (χ4n) is 4.55. The third-order valence-electron chi connectivity index (χ3n) is 6.29. The van der Waals surface area contributed by atoms with Crippen LogP contribution in [0.3, 0.4) is 0 Å². The summed E-state index contributed by atoms with van der Waals surface area (Å²) >= 11 is 0. The normalized spacial score (nSPS) is 18.3. The molecule has 1 saturated heterocycles. The first-order chi connectivity index (χ1) is 15.1. The summed E-state index contributed by atoms with van der Waals surface area (Å²) in [6, 6.07) is 0. The zero-order valence-corrected chi connectivity index (χ0v) is 21.3. The van der Waals surface area contributed by atoms with Gasteiger partial charge in [0.25, 0.3) is 0 Å². The number of methoxy groups -OCH3 is 2. The lowest BCUT2D eigenvalue weighted by Crippen LogP contribution is -2.33. The number of hydrogen-bond acceptors (Lipinski definition) is 5. The molecule has 1 aliphatic rings. The molecule has 0 aliphatic carbocycles. The van der Waals surface area contributed by atoms with Crippen LogP contribution in [0.1, 0.15) is 103 Å². The minimum atomic E-state index is -0.322. The fourth-order valence-corrected chi connectivity index (χ4v) is 4.55. The smallest absolute Gasteiger partial charge is 0.168 e. The Balaban J connectivity index is 2.22. The van der Waals surface area contributed by atoms with Gasteiger partial charge in [-0.15, -0.1) is 0 Å². The minimum Gasteiger partial charge on any atom is -0.385 e. The first kappa shape index (κ1) is 28.8. The highest BCUT2D eigenvalue weighted by Gasteiger charge is 2.40. The highest BCUT2D eigenvalue weighted by atomic mass is 16.7. The van der Waals surface area contributed by atoms with E-state index < -0.39 is 0 Å². The van der Waals surface area contributed by atoms with Crippen LogP contribution >= 0.6 is 0 Å². The maximum Gasteiger partial charge on any atom is 0.168 e. The molecule has 0 aromatic rings. The van der Waals surface area contributed by atoms with Gasteiger partial charge in [-0.3, -0.25) is 0 Å². The van der Waals surface area contributed by atoms with Gasteiger partial charge in [0.1, 0.15) is 0 Å². The third-order valence-corrected chi connectivity index (χ3v) is 6.29. The van der Waals surface area contributed by atoms with Gasteiger partial charge < -0.3 is 23.8 Å². The van der Waals surface area contributed by atoms with Crippen LogP contribution < -0.4 is 0 Å². The van der Waals surface area contributed by atoms with Crippen LogP contribution in [-0.2, 0) is 18.9 Å². The Morgan fingerprint density at radius 1 is 0.677 bits per heavy atom.